The summed E-state index contributed by atoms with van der Waals surface area (Å²) < 4.78 is 4.02. The number of aromatic nitrogens is 5. The Bertz CT molecular complexity index is 472. The number of hydrogen-bond acceptors (Lipinski definition) is 4. The van der Waals surface area contributed by atoms with Crippen molar-refractivity contribution in [1.82, 2.24) is 29.9 Å². The van der Waals surface area contributed by atoms with E-state index in [1.165, 1.54) is 0 Å². The van der Waals surface area contributed by atoms with E-state index >= 15 is 0 Å². The highest BCUT2D eigenvalue weighted by molar-refractivity contribution is 5.00. The predicted octanol–water partition coefficient (Wildman–Crippen LogP) is 1.04. The number of imidazole rings is 1. The normalized spacial score (nSPS) is 11.0. The Balaban J connectivity index is 1.99. The van der Waals surface area contributed by atoms with Gasteiger partial charge < -0.3 is 9.88 Å². The molecule has 0 saturated heterocycles. The summed E-state index contributed by atoms with van der Waals surface area (Å²) >= 11 is 0. The number of hydrogen-bond donors (Lipinski definition) is 1. The molecule has 0 saturated carbocycles. The van der Waals surface area contributed by atoms with Crippen LogP contribution in [0.5, 0.6) is 0 Å². The summed E-state index contributed by atoms with van der Waals surface area (Å²) in [6, 6.07) is 0. The summed E-state index contributed by atoms with van der Waals surface area (Å²) in [7, 11) is 0. The summed E-state index contributed by atoms with van der Waals surface area (Å²) in [4.78, 5) is 4.18. The monoisotopic (exact) mass is 248 g/mol. The molecule has 0 atom stereocenters. The van der Waals surface area contributed by atoms with Crippen LogP contribution in [-0.4, -0.2) is 31.1 Å². The third-order valence-corrected chi connectivity index (χ3v) is 2.73. The van der Waals surface area contributed by atoms with Gasteiger partial charge in [0.2, 0.25) is 0 Å². The van der Waals surface area contributed by atoms with E-state index in [4.69, 9.17) is 0 Å². The van der Waals surface area contributed by atoms with Gasteiger partial charge in [-0.2, -0.15) is 0 Å². The molecular weight excluding hydrogens is 228 g/mol. The fourth-order valence-corrected chi connectivity index (χ4v) is 1.84. The second kappa shape index (κ2) is 6.30. The highest BCUT2D eigenvalue weighted by Gasteiger charge is 2.05. The first-order chi connectivity index (χ1) is 8.83. The molecule has 6 heteroatoms. The van der Waals surface area contributed by atoms with Gasteiger partial charge in [0.25, 0.3) is 0 Å². The first kappa shape index (κ1) is 12.8. The minimum Gasteiger partial charge on any atom is -0.333 e. The van der Waals surface area contributed by atoms with Crippen LogP contribution >= 0.6 is 0 Å². The molecule has 6 nitrogen and oxygen atoms in total. The van der Waals surface area contributed by atoms with Crippen molar-refractivity contribution < 1.29 is 0 Å². The average Bonchev–Trinajstić information content (AvgIpc) is 2.98. The van der Waals surface area contributed by atoms with Crippen molar-refractivity contribution in [3.8, 4) is 0 Å². The summed E-state index contributed by atoms with van der Waals surface area (Å²) in [6.45, 7) is 7.66. The van der Waals surface area contributed by atoms with E-state index in [-0.39, 0.29) is 0 Å². The minimum atomic E-state index is 0.721. The Morgan fingerprint density at radius 3 is 3.00 bits per heavy atom. The van der Waals surface area contributed by atoms with Gasteiger partial charge in [-0.15, -0.1) is 5.10 Å². The number of nitrogens with zero attached hydrogens (tertiary/aromatic N) is 5. The number of rotatable bonds is 7. The maximum atomic E-state index is 4.18. The Kier molecular flexibility index (Phi) is 4.46. The molecule has 1 N–H and O–H groups in total. The van der Waals surface area contributed by atoms with Crippen LogP contribution in [0.3, 0.4) is 0 Å². The van der Waals surface area contributed by atoms with Gasteiger partial charge in [0.05, 0.1) is 36.7 Å². The summed E-state index contributed by atoms with van der Waals surface area (Å²) in [6.07, 6.45) is 6.84. The fraction of sp³-hybridized carbons (Fsp3) is 0.583. The molecule has 0 spiro atoms. The van der Waals surface area contributed by atoms with E-state index in [2.05, 4.69) is 39.0 Å². The highest BCUT2D eigenvalue weighted by atomic mass is 15.4. The first-order valence-electron chi connectivity index (χ1n) is 6.42. The van der Waals surface area contributed by atoms with E-state index in [0.29, 0.717) is 0 Å². The summed E-state index contributed by atoms with van der Waals surface area (Å²) in [5, 5.41) is 11.5. The SMILES string of the molecule is CCCn1cncc1Cn1cc(CNCC)nn1. The molecule has 0 aromatic carbocycles. The third-order valence-electron chi connectivity index (χ3n) is 2.73. The van der Waals surface area contributed by atoms with Crippen molar-refractivity contribution in [2.75, 3.05) is 6.54 Å². The highest BCUT2D eigenvalue weighted by Crippen LogP contribution is 2.04. The molecular formula is C12H20N6. The van der Waals surface area contributed by atoms with Crippen molar-refractivity contribution in [3.05, 3.63) is 30.1 Å². The van der Waals surface area contributed by atoms with E-state index in [1.54, 1.807) is 0 Å². The molecule has 2 rings (SSSR count). The lowest BCUT2D eigenvalue weighted by Gasteiger charge is -2.05. The van der Waals surface area contributed by atoms with E-state index in [1.807, 2.05) is 23.4 Å². The quantitative estimate of drug-likeness (QED) is 0.795. The summed E-state index contributed by atoms with van der Waals surface area (Å²) in [5.74, 6) is 0. The minimum absolute atomic E-state index is 0.721. The Labute approximate surface area is 107 Å². The van der Waals surface area contributed by atoms with Crippen LogP contribution in [-0.2, 0) is 19.6 Å². The second-order valence-corrected chi connectivity index (χ2v) is 4.27. The maximum absolute atomic E-state index is 4.18. The van der Waals surface area contributed by atoms with Crippen LogP contribution in [0.1, 0.15) is 31.7 Å². The largest absolute Gasteiger partial charge is 0.333 e. The molecule has 0 radical (unpaired) electrons. The van der Waals surface area contributed by atoms with Crippen molar-refractivity contribution in [3.63, 3.8) is 0 Å². The molecule has 0 aliphatic rings. The Morgan fingerprint density at radius 2 is 2.22 bits per heavy atom. The van der Waals surface area contributed by atoms with Gasteiger partial charge in [0, 0.05) is 13.1 Å². The van der Waals surface area contributed by atoms with E-state index in [0.717, 1.165) is 44.0 Å². The number of nitrogens with one attached hydrogen (secondary N) is 1. The molecule has 18 heavy (non-hydrogen) atoms. The molecule has 2 aromatic heterocycles. The third kappa shape index (κ3) is 3.16. The van der Waals surface area contributed by atoms with Gasteiger partial charge >= 0.3 is 0 Å². The lowest BCUT2D eigenvalue weighted by molar-refractivity contribution is 0.583. The van der Waals surface area contributed by atoms with Crippen molar-refractivity contribution >= 4 is 0 Å². The topological polar surface area (TPSA) is 60.6 Å². The van der Waals surface area contributed by atoms with Crippen molar-refractivity contribution in [2.24, 2.45) is 0 Å². The van der Waals surface area contributed by atoms with Gasteiger partial charge in [-0.05, 0) is 13.0 Å². The van der Waals surface area contributed by atoms with Crippen molar-refractivity contribution in [2.45, 2.75) is 39.9 Å². The predicted molar refractivity (Wildman–Crippen MR) is 69.0 cm³/mol. The molecule has 2 aromatic rings. The molecule has 0 aliphatic heterocycles. The Hall–Kier alpha value is -1.69. The first-order valence-corrected chi connectivity index (χ1v) is 6.42. The molecule has 0 aliphatic carbocycles. The lowest BCUT2D eigenvalue weighted by Crippen LogP contribution is -2.11. The van der Waals surface area contributed by atoms with Gasteiger partial charge in [-0.3, -0.25) is 0 Å². The molecule has 98 valence electrons. The summed E-state index contributed by atoms with van der Waals surface area (Å²) in [5.41, 5.74) is 2.13. The fourth-order valence-electron chi connectivity index (χ4n) is 1.84. The maximum Gasteiger partial charge on any atom is 0.0964 e. The standard InChI is InChI=1S/C12H20N6/c1-3-5-17-10-14-7-12(17)9-18-8-11(15-16-18)6-13-4-2/h7-8,10,13H,3-6,9H2,1-2H3. The lowest BCUT2D eigenvalue weighted by atomic mass is 10.4. The average molecular weight is 248 g/mol. The second-order valence-electron chi connectivity index (χ2n) is 4.27. The van der Waals surface area contributed by atoms with Gasteiger partial charge in [-0.1, -0.05) is 19.1 Å². The number of aryl methyl sites for hydroxylation is 1. The van der Waals surface area contributed by atoms with Crippen LogP contribution in [0.15, 0.2) is 18.7 Å². The van der Waals surface area contributed by atoms with Gasteiger partial charge in [0.15, 0.2) is 0 Å². The van der Waals surface area contributed by atoms with Crippen molar-refractivity contribution in [1.29, 1.82) is 0 Å². The van der Waals surface area contributed by atoms with Gasteiger partial charge in [-0.25, -0.2) is 9.67 Å². The van der Waals surface area contributed by atoms with Crippen LogP contribution in [0.4, 0.5) is 0 Å². The smallest absolute Gasteiger partial charge is 0.0964 e. The molecule has 0 bridgehead atoms. The zero-order chi connectivity index (χ0) is 12.8. The van der Waals surface area contributed by atoms with E-state index in [9.17, 15) is 0 Å². The van der Waals surface area contributed by atoms with E-state index < -0.39 is 0 Å². The van der Waals surface area contributed by atoms with Crippen LogP contribution < -0.4 is 5.32 Å². The van der Waals surface area contributed by atoms with Crippen LogP contribution in [0, 0.1) is 0 Å². The van der Waals surface area contributed by atoms with Gasteiger partial charge in [0.1, 0.15) is 0 Å². The molecule has 0 unspecified atom stereocenters. The van der Waals surface area contributed by atoms with Crippen LogP contribution in [0.25, 0.3) is 0 Å². The zero-order valence-electron chi connectivity index (χ0n) is 11.0. The molecule has 2 heterocycles. The zero-order valence-corrected chi connectivity index (χ0v) is 11.0. The molecule has 0 fully saturated rings. The Morgan fingerprint density at radius 1 is 1.33 bits per heavy atom. The molecule has 0 amide bonds. The van der Waals surface area contributed by atoms with Crippen LogP contribution in [0.2, 0.25) is 0 Å².